The molecule has 3 heterocycles. The van der Waals surface area contributed by atoms with E-state index >= 15 is 0 Å². The van der Waals surface area contributed by atoms with Gasteiger partial charge in [0.2, 0.25) is 0 Å². The molecule has 0 aliphatic heterocycles. The maximum Gasteiger partial charge on any atom is 0.0656 e. The van der Waals surface area contributed by atoms with Gasteiger partial charge in [-0.3, -0.25) is 15.3 Å². The maximum absolute atomic E-state index is 4.30. The number of nitrogens with one attached hydrogen (secondary N) is 3. The summed E-state index contributed by atoms with van der Waals surface area (Å²) in [6.07, 6.45) is 2.09. The monoisotopic (exact) mass is 458 g/mol. The summed E-state index contributed by atoms with van der Waals surface area (Å²) in [6.45, 7) is 25.7. The van der Waals surface area contributed by atoms with Gasteiger partial charge in [0, 0.05) is 17.1 Å². The minimum absolute atomic E-state index is 0. The Morgan fingerprint density at radius 2 is 0.970 bits per heavy atom. The molecule has 33 heavy (non-hydrogen) atoms. The van der Waals surface area contributed by atoms with E-state index in [2.05, 4.69) is 99.8 Å². The molecular formula is C27H50N6. The van der Waals surface area contributed by atoms with Crippen molar-refractivity contribution >= 4 is 0 Å². The number of rotatable bonds is 5. The molecule has 188 valence electrons. The van der Waals surface area contributed by atoms with E-state index in [4.69, 9.17) is 0 Å². The fourth-order valence-corrected chi connectivity index (χ4v) is 4.47. The number of hydrogen-bond donors (Lipinski definition) is 3. The van der Waals surface area contributed by atoms with Crippen LogP contribution in [0.2, 0.25) is 0 Å². The van der Waals surface area contributed by atoms with Gasteiger partial charge in [0.15, 0.2) is 0 Å². The molecule has 0 unspecified atom stereocenters. The minimum Gasteiger partial charge on any atom is -0.282 e. The van der Waals surface area contributed by atoms with Crippen molar-refractivity contribution in [2.24, 2.45) is 0 Å². The molecule has 3 aromatic rings. The molecule has 3 aromatic heterocycles. The van der Waals surface area contributed by atoms with Gasteiger partial charge in [-0.05, 0) is 75.0 Å². The second-order valence-electron chi connectivity index (χ2n) is 9.43. The average molecular weight is 459 g/mol. The first-order chi connectivity index (χ1) is 15.0. The summed E-state index contributed by atoms with van der Waals surface area (Å²) < 4.78 is 0. The van der Waals surface area contributed by atoms with Crippen LogP contribution in [-0.4, -0.2) is 30.6 Å². The maximum atomic E-state index is 4.30. The van der Waals surface area contributed by atoms with E-state index < -0.39 is 0 Å². The number of nitrogens with zero attached hydrogens (tertiary/aromatic N) is 3. The summed E-state index contributed by atoms with van der Waals surface area (Å²) in [6, 6.07) is 0. The van der Waals surface area contributed by atoms with Gasteiger partial charge in [0.05, 0.1) is 17.1 Å². The van der Waals surface area contributed by atoms with E-state index in [9.17, 15) is 0 Å². The van der Waals surface area contributed by atoms with Crippen molar-refractivity contribution in [1.82, 2.24) is 30.6 Å². The molecule has 0 atom stereocenters. The van der Waals surface area contributed by atoms with Crippen LogP contribution >= 0.6 is 0 Å². The van der Waals surface area contributed by atoms with Gasteiger partial charge in [-0.2, -0.15) is 15.3 Å². The van der Waals surface area contributed by atoms with Crippen LogP contribution in [0.3, 0.4) is 0 Å². The Hall–Kier alpha value is -2.37. The highest BCUT2D eigenvalue weighted by Crippen LogP contribution is 2.22. The Morgan fingerprint density at radius 3 is 1.18 bits per heavy atom. The van der Waals surface area contributed by atoms with E-state index in [1.54, 1.807) is 0 Å². The van der Waals surface area contributed by atoms with Gasteiger partial charge < -0.3 is 0 Å². The molecule has 3 rings (SSSR count). The Morgan fingerprint density at radius 1 is 0.576 bits per heavy atom. The Balaban J connectivity index is 0.000000461. The first-order valence-corrected chi connectivity index (χ1v) is 12.0. The topological polar surface area (TPSA) is 86.0 Å². The lowest BCUT2D eigenvalue weighted by molar-refractivity contribution is 0.825. The molecule has 0 saturated carbocycles. The van der Waals surface area contributed by atoms with Gasteiger partial charge in [-0.1, -0.05) is 62.8 Å². The number of aryl methyl sites for hydroxylation is 6. The van der Waals surface area contributed by atoms with Crippen molar-refractivity contribution in [3.8, 4) is 0 Å². The van der Waals surface area contributed by atoms with Gasteiger partial charge in [0.1, 0.15) is 0 Å². The smallest absolute Gasteiger partial charge is 0.0656 e. The molecule has 0 amide bonds. The normalized spacial score (nSPS) is 10.6. The highest BCUT2D eigenvalue weighted by molar-refractivity contribution is 5.29. The SMILES string of the molecule is C.CCc1n[nH]c(CC)c1C(C)C.Cc1n[nH]c(C)c1C(C)C.Cc1n[nH]c(C)c1C(C)C. The molecule has 3 N–H and O–H groups in total. The zero-order chi connectivity index (χ0) is 24.6. The third-order valence-electron chi connectivity index (χ3n) is 5.75. The summed E-state index contributed by atoms with van der Waals surface area (Å²) >= 11 is 0. The molecule has 0 saturated heterocycles. The third kappa shape index (κ3) is 8.17. The number of H-pyrrole nitrogens is 3. The lowest BCUT2D eigenvalue weighted by atomic mass is 9.98. The summed E-state index contributed by atoms with van der Waals surface area (Å²) in [5, 5.41) is 21.6. The second-order valence-corrected chi connectivity index (χ2v) is 9.43. The fraction of sp³-hybridized carbons (Fsp3) is 0.667. The fourth-order valence-electron chi connectivity index (χ4n) is 4.47. The summed E-state index contributed by atoms with van der Waals surface area (Å²) in [5.74, 6) is 1.76. The van der Waals surface area contributed by atoms with E-state index in [0.29, 0.717) is 17.8 Å². The predicted octanol–water partition coefficient (Wildman–Crippen LogP) is 7.59. The van der Waals surface area contributed by atoms with Gasteiger partial charge >= 0.3 is 0 Å². The number of hydrogen-bond acceptors (Lipinski definition) is 3. The second kappa shape index (κ2) is 14.0. The summed E-state index contributed by atoms with van der Waals surface area (Å²) in [4.78, 5) is 0. The van der Waals surface area contributed by atoms with Gasteiger partial charge in [-0.15, -0.1) is 0 Å². The lowest BCUT2D eigenvalue weighted by Gasteiger charge is -2.06. The molecule has 0 bridgehead atoms. The van der Waals surface area contributed by atoms with Crippen LogP contribution in [0.1, 0.15) is 131 Å². The third-order valence-corrected chi connectivity index (χ3v) is 5.75. The van der Waals surface area contributed by atoms with Gasteiger partial charge in [-0.25, -0.2) is 0 Å². The zero-order valence-corrected chi connectivity index (χ0v) is 22.5. The van der Waals surface area contributed by atoms with Crippen molar-refractivity contribution in [3.63, 3.8) is 0 Å². The molecule has 0 aliphatic carbocycles. The quantitative estimate of drug-likeness (QED) is 0.368. The van der Waals surface area contributed by atoms with Crippen LogP contribution in [0.25, 0.3) is 0 Å². The lowest BCUT2D eigenvalue weighted by Crippen LogP contribution is -1.95. The van der Waals surface area contributed by atoms with Crippen LogP contribution in [0.4, 0.5) is 0 Å². The Labute approximate surface area is 202 Å². The molecule has 0 radical (unpaired) electrons. The highest BCUT2D eigenvalue weighted by atomic mass is 15.1. The predicted molar refractivity (Wildman–Crippen MR) is 142 cm³/mol. The van der Waals surface area contributed by atoms with E-state index in [1.807, 2.05) is 13.8 Å². The largest absolute Gasteiger partial charge is 0.282 e. The van der Waals surface area contributed by atoms with Crippen LogP contribution in [0, 0.1) is 27.7 Å². The number of aromatic amines is 3. The Kier molecular flexibility index (Phi) is 13.0. The average Bonchev–Trinajstić information content (AvgIpc) is 3.38. The standard InChI is InChI=1S/C10H18N2.2C8H14N2.CH4/c1-5-8-10(7(3)4)9(6-2)12-11-8;2*1-5(2)8-6(3)9-10-7(8)4;/h7H,5-6H2,1-4H3,(H,11,12);2*5H,1-4H3,(H,9,10);1H4. The molecule has 6 nitrogen and oxygen atoms in total. The van der Waals surface area contributed by atoms with Crippen molar-refractivity contribution in [1.29, 1.82) is 0 Å². The van der Waals surface area contributed by atoms with Gasteiger partial charge in [0.25, 0.3) is 0 Å². The molecule has 0 fully saturated rings. The van der Waals surface area contributed by atoms with Crippen molar-refractivity contribution in [3.05, 3.63) is 50.9 Å². The first kappa shape index (κ1) is 30.6. The molecular weight excluding hydrogens is 408 g/mol. The van der Waals surface area contributed by atoms with E-state index in [0.717, 1.165) is 24.2 Å². The minimum atomic E-state index is 0. The summed E-state index contributed by atoms with van der Waals surface area (Å²) in [7, 11) is 0. The molecule has 0 spiro atoms. The molecule has 6 heteroatoms. The Bertz CT molecular complexity index is 829. The highest BCUT2D eigenvalue weighted by Gasteiger charge is 2.13. The van der Waals surface area contributed by atoms with Crippen LogP contribution in [0.5, 0.6) is 0 Å². The first-order valence-electron chi connectivity index (χ1n) is 12.0. The van der Waals surface area contributed by atoms with Crippen LogP contribution in [-0.2, 0) is 12.8 Å². The van der Waals surface area contributed by atoms with Crippen molar-refractivity contribution in [2.75, 3.05) is 0 Å². The van der Waals surface area contributed by atoms with E-state index in [-0.39, 0.29) is 7.43 Å². The molecule has 0 aliphatic rings. The van der Waals surface area contributed by atoms with E-state index in [1.165, 1.54) is 39.5 Å². The van der Waals surface area contributed by atoms with Crippen molar-refractivity contribution in [2.45, 2.75) is 121 Å². The van der Waals surface area contributed by atoms with Crippen molar-refractivity contribution < 1.29 is 0 Å². The van der Waals surface area contributed by atoms with Crippen LogP contribution in [0.15, 0.2) is 0 Å². The zero-order valence-electron chi connectivity index (χ0n) is 22.5. The van der Waals surface area contributed by atoms with Crippen LogP contribution < -0.4 is 0 Å². The molecule has 0 aromatic carbocycles. The number of aromatic nitrogens is 6. The summed E-state index contributed by atoms with van der Waals surface area (Å²) in [5.41, 5.74) is 11.4.